The van der Waals surface area contributed by atoms with Gasteiger partial charge in [-0.2, -0.15) is 0 Å². The third-order valence-electron chi connectivity index (χ3n) is 10.5. The molecule has 2 bridgehead atoms. The molecular formula is C40H59NO14. The number of alkyl carbamates (subject to hydrolysis) is 1. The summed E-state index contributed by atoms with van der Waals surface area (Å²) >= 11 is 0. The lowest BCUT2D eigenvalue weighted by molar-refractivity contribution is -0.373. The maximum Gasteiger partial charge on any atom is 0.407 e. The van der Waals surface area contributed by atoms with Crippen LogP contribution in [0, 0.1) is 5.92 Å². The summed E-state index contributed by atoms with van der Waals surface area (Å²) in [6.45, 7) is 9.34. The molecule has 2 aliphatic heterocycles. The van der Waals surface area contributed by atoms with Gasteiger partial charge in [0.2, 0.25) is 17.5 Å². The number of rotatable bonds is 25. The second kappa shape index (κ2) is 20.7. The Bertz CT molecular complexity index is 1470. The van der Waals surface area contributed by atoms with Gasteiger partial charge in [-0.05, 0) is 30.4 Å². The van der Waals surface area contributed by atoms with Crippen molar-refractivity contribution in [3.63, 3.8) is 0 Å². The number of benzene rings is 1. The molecule has 0 radical (unpaired) electrons. The normalized spacial score (nSPS) is 26.7. The third-order valence-corrected chi connectivity index (χ3v) is 10.5. The summed E-state index contributed by atoms with van der Waals surface area (Å²) in [6, 6.07) is 9.32. The van der Waals surface area contributed by atoms with Gasteiger partial charge in [-0.3, -0.25) is 4.79 Å². The van der Waals surface area contributed by atoms with E-state index in [0.717, 1.165) is 31.2 Å². The number of aliphatic hydroxyl groups excluding tert-OH is 1. The van der Waals surface area contributed by atoms with E-state index < -0.39 is 77.8 Å². The molecule has 0 aliphatic carbocycles. The van der Waals surface area contributed by atoms with Crippen molar-refractivity contribution >= 4 is 30.0 Å². The number of amides is 1. The van der Waals surface area contributed by atoms with Gasteiger partial charge < -0.3 is 49.8 Å². The molecule has 6 N–H and O–H groups in total. The van der Waals surface area contributed by atoms with Crippen molar-refractivity contribution in [3.05, 3.63) is 48.0 Å². The summed E-state index contributed by atoms with van der Waals surface area (Å²) in [4.78, 5) is 63.2. The van der Waals surface area contributed by atoms with Gasteiger partial charge in [0.05, 0.1) is 0 Å². The lowest BCUT2D eigenvalue weighted by Crippen LogP contribution is -2.78. The number of carbonyl (C=O) groups is 5. The maximum atomic E-state index is 13.0. The molecule has 2 fully saturated rings. The first kappa shape index (κ1) is 45.3. The van der Waals surface area contributed by atoms with Crippen molar-refractivity contribution in [1.29, 1.82) is 0 Å². The molecule has 15 heteroatoms. The molecular weight excluding hydrogens is 718 g/mol. The van der Waals surface area contributed by atoms with E-state index in [9.17, 15) is 49.5 Å². The van der Waals surface area contributed by atoms with Gasteiger partial charge in [0.25, 0.3) is 5.60 Å². The Kier molecular flexibility index (Phi) is 17.1. The average Bonchev–Trinajstić information content (AvgIpc) is 3.35. The van der Waals surface area contributed by atoms with Crippen molar-refractivity contribution in [2.24, 2.45) is 5.92 Å². The van der Waals surface area contributed by atoms with Crippen LogP contribution in [-0.4, -0.2) is 103 Å². The predicted octanol–water partition coefficient (Wildman–Crippen LogP) is 5.14. The van der Waals surface area contributed by atoms with E-state index in [4.69, 9.17) is 18.9 Å². The highest BCUT2D eigenvalue weighted by atomic mass is 16.8. The van der Waals surface area contributed by atoms with Crippen LogP contribution in [0.5, 0.6) is 0 Å². The fourth-order valence-electron chi connectivity index (χ4n) is 7.61. The number of carbonyl (C=O) groups excluding carboxylic acids is 2. The van der Waals surface area contributed by atoms with Crippen LogP contribution in [0.25, 0.3) is 0 Å². The molecule has 55 heavy (non-hydrogen) atoms. The Labute approximate surface area is 322 Å². The molecule has 1 aromatic rings. The zero-order chi connectivity index (χ0) is 40.8. The summed E-state index contributed by atoms with van der Waals surface area (Å²) in [7, 11) is 0. The molecule has 0 spiro atoms. The van der Waals surface area contributed by atoms with Gasteiger partial charge in [0, 0.05) is 25.8 Å². The number of fused-ring (bicyclic) bond motifs is 2. The second-order valence-corrected chi connectivity index (χ2v) is 14.8. The first-order valence-electron chi connectivity index (χ1n) is 19.4. The minimum atomic E-state index is -3.90. The fourth-order valence-corrected chi connectivity index (χ4v) is 7.61. The minimum absolute atomic E-state index is 0.0983. The number of hydrogen-bond donors (Lipinski definition) is 6. The van der Waals surface area contributed by atoms with Gasteiger partial charge in [0.15, 0.2) is 6.10 Å². The number of esters is 1. The lowest BCUT2D eigenvalue weighted by Gasteiger charge is -2.48. The highest BCUT2D eigenvalue weighted by Crippen LogP contribution is 2.56. The Morgan fingerprint density at radius 2 is 1.45 bits per heavy atom. The smallest absolute Gasteiger partial charge is 0.407 e. The van der Waals surface area contributed by atoms with Gasteiger partial charge in [-0.15, -0.1) is 0 Å². The zero-order valence-electron chi connectivity index (χ0n) is 32.2. The average molecular weight is 778 g/mol. The van der Waals surface area contributed by atoms with Crippen LogP contribution in [0.4, 0.5) is 4.79 Å². The van der Waals surface area contributed by atoms with E-state index in [0.29, 0.717) is 12.8 Å². The van der Waals surface area contributed by atoms with Gasteiger partial charge in [-0.1, -0.05) is 121 Å². The van der Waals surface area contributed by atoms with Crippen molar-refractivity contribution in [1.82, 2.24) is 5.32 Å². The van der Waals surface area contributed by atoms with E-state index in [2.05, 4.69) is 18.8 Å². The van der Waals surface area contributed by atoms with E-state index >= 15 is 0 Å². The second-order valence-electron chi connectivity index (χ2n) is 14.8. The molecule has 308 valence electrons. The van der Waals surface area contributed by atoms with Crippen molar-refractivity contribution in [3.8, 4) is 0 Å². The van der Waals surface area contributed by atoms with Gasteiger partial charge in [0.1, 0.15) is 12.2 Å². The Balaban J connectivity index is 1.75. The minimum Gasteiger partial charge on any atom is -0.479 e. The Hall–Kier alpha value is -4.05. The lowest BCUT2D eigenvalue weighted by atomic mass is 9.74. The van der Waals surface area contributed by atoms with Crippen LogP contribution >= 0.6 is 0 Å². The first-order valence-corrected chi connectivity index (χ1v) is 19.4. The summed E-state index contributed by atoms with van der Waals surface area (Å²) in [6.07, 6.45) is 2.93. The standard InChI is InChI=1S/C40H59NO14/c1-5-6-7-8-9-10-11-12-13-14-15-19-24-41-37(50)53-32-31(43)38(54-33(34(44)45)39(51,35(46)47)40(32,55-38)36(48)49)23-22-26(2)30(52-28(4)42)27(3)25-29-20-17-16-18-21-29/h16-18,20-21,27,30-33,43,51H,2,5-15,19,22-25H2,1,3-4H3,(H,41,50)(H,44,45)(H,46,47)(H,48,49)/t27-,30-,31-,32-,33?,38?,39?,40?/m1/s1. The van der Waals surface area contributed by atoms with Crippen molar-refractivity contribution in [2.45, 2.75) is 158 Å². The Morgan fingerprint density at radius 3 is 1.96 bits per heavy atom. The number of ether oxygens (including phenoxy) is 4. The molecule has 2 saturated heterocycles. The monoisotopic (exact) mass is 777 g/mol. The van der Waals surface area contributed by atoms with Crippen molar-refractivity contribution in [2.75, 3.05) is 6.54 Å². The van der Waals surface area contributed by atoms with Crippen molar-refractivity contribution < 1.29 is 68.5 Å². The number of unbranched alkanes of at least 4 members (excludes halogenated alkanes) is 11. The van der Waals surface area contributed by atoms with E-state index in [1.165, 1.54) is 51.9 Å². The highest BCUT2D eigenvalue weighted by molar-refractivity contribution is 5.98. The molecule has 8 atom stereocenters. The first-order chi connectivity index (χ1) is 26.1. The number of carboxylic acids is 3. The molecule has 15 nitrogen and oxygen atoms in total. The quantitative estimate of drug-likeness (QED) is 0.0429. The zero-order valence-corrected chi connectivity index (χ0v) is 32.2. The van der Waals surface area contributed by atoms with Crippen LogP contribution < -0.4 is 5.32 Å². The third kappa shape index (κ3) is 10.8. The SMILES string of the molecule is C=C(CCC12OC(C(=O)O)C(O)(C(=O)O)C(C(=O)O)(O1)[C@H](OC(=O)NCCCCCCCCCCCCCC)[C@H]2O)[C@@H](OC(C)=O)[C@H](C)Cc1ccccc1. The summed E-state index contributed by atoms with van der Waals surface area (Å²) in [5.41, 5.74) is -6.26. The molecule has 1 amide bonds. The van der Waals surface area contributed by atoms with Crippen LogP contribution in [0.2, 0.25) is 0 Å². The largest absolute Gasteiger partial charge is 0.479 e. The number of carboxylic acid groups (broad SMARTS) is 3. The summed E-state index contributed by atoms with van der Waals surface area (Å²) in [5.74, 6) is -10.3. The molecule has 3 rings (SSSR count). The summed E-state index contributed by atoms with van der Waals surface area (Å²) < 4.78 is 22.1. The van der Waals surface area contributed by atoms with E-state index in [1.807, 2.05) is 37.3 Å². The fraction of sp³-hybridized carbons (Fsp3) is 0.675. The number of aliphatic carboxylic acids is 3. The molecule has 2 aliphatic rings. The van der Waals surface area contributed by atoms with Crippen LogP contribution in [0.3, 0.4) is 0 Å². The predicted molar refractivity (Wildman–Crippen MR) is 198 cm³/mol. The van der Waals surface area contributed by atoms with E-state index in [1.54, 1.807) is 0 Å². The van der Waals surface area contributed by atoms with Crippen LogP contribution in [0.1, 0.15) is 116 Å². The highest BCUT2D eigenvalue weighted by Gasteiger charge is 2.86. The molecule has 4 unspecified atom stereocenters. The molecule has 1 aromatic carbocycles. The van der Waals surface area contributed by atoms with E-state index in [-0.39, 0.29) is 24.5 Å². The molecule has 0 saturated carbocycles. The number of aliphatic hydroxyl groups is 2. The van der Waals surface area contributed by atoms with Crippen LogP contribution in [-0.2, 0) is 44.5 Å². The maximum absolute atomic E-state index is 13.0. The number of hydrogen-bond acceptors (Lipinski definition) is 11. The van der Waals surface area contributed by atoms with Crippen LogP contribution in [0.15, 0.2) is 42.5 Å². The molecule has 0 aromatic heterocycles. The summed E-state index contributed by atoms with van der Waals surface area (Å²) in [5, 5.41) is 56.2. The molecule has 2 heterocycles. The Morgan fingerprint density at radius 1 is 0.891 bits per heavy atom. The van der Waals surface area contributed by atoms with Gasteiger partial charge in [-0.25, -0.2) is 19.2 Å². The topological polar surface area (TPSA) is 235 Å². The number of nitrogens with one attached hydrogen (secondary N) is 1. The van der Waals surface area contributed by atoms with Gasteiger partial charge >= 0.3 is 30.0 Å².